The molecule has 1 heterocycles. The molecule has 2 aromatic rings. The Kier molecular flexibility index (Phi) is 5.11. The van der Waals surface area contributed by atoms with Crippen LogP contribution in [0.25, 0.3) is 0 Å². The van der Waals surface area contributed by atoms with E-state index in [-0.39, 0.29) is 5.76 Å². The summed E-state index contributed by atoms with van der Waals surface area (Å²) in [5, 5.41) is 3.33. The monoisotopic (exact) mass is 335 g/mol. The van der Waals surface area contributed by atoms with Gasteiger partial charge in [0.15, 0.2) is 0 Å². The molecule has 1 amide bonds. The molecule has 1 aromatic heterocycles. The fourth-order valence-corrected chi connectivity index (χ4v) is 2.03. The van der Waals surface area contributed by atoms with Crippen LogP contribution in [-0.2, 0) is 9.53 Å². The number of furan rings is 1. The molecule has 5 nitrogen and oxygen atoms in total. The van der Waals surface area contributed by atoms with Crippen molar-refractivity contribution in [2.24, 2.45) is 0 Å². The van der Waals surface area contributed by atoms with Crippen molar-refractivity contribution >= 4 is 23.5 Å². The predicted octanol–water partition coefficient (Wildman–Crippen LogP) is 3.75. The van der Waals surface area contributed by atoms with Gasteiger partial charge in [-0.25, -0.2) is 4.79 Å². The molecule has 0 saturated carbocycles. The van der Waals surface area contributed by atoms with Crippen LogP contribution in [0.2, 0.25) is 5.02 Å². The maximum absolute atomic E-state index is 12.5. The van der Waals surface area contributed by atoms with E-state index in [4.69, 9.17) is 20.8 Å². The van der Waals surface area contributed by atoms with Crippen LogP contribution < -0.4 is 5.32 Å². The van der Waals surface area contributed by atoms with Gasteiger partial charge in [-0.05, 0) is 45.0 Å². The van der Waals surface area contributed by atoms with Crippen molar-refractivity contribution in [2.75, 3.05) is 0 Å². The van der Waals surface area contributed by atoms with Gasteiger partial charge in [-0.3, -0.25) is 4.79 Å². The van der Waals surface area contributed by atoms with Crippen molar-refractivity contribution in [3.8, 4) is 0 Å². The smallest absolute Gasteiger partial charge is 0.375 e. The number of carbonyl (C=O) groups is 2. The number of hydrogen-bond acceptors (Lipinski definition) is 4. The third-order valence-electron chi connectivity index (χ3n) is 2.86. The van der Waals surface area contributed by atoms with Crippen LogP contribution in [0.3, 0.4) is 0 Å². The van der Waals surface area contributed by atoms with E-state index in [1.165, 1.54) is 12.3 Å². The molecule has 0 aliphatic rings. The first-order valence-corrected chi connectivity index (χ1v) is 7.46. The summed E-state index contributed by atoms with van der Waals surface area (Å²) in [6.07, 6.45) is 0.271. The van der Waals surface area contributed by atoms with Crippen LogP contribution in [0.5, 0.6) is 0 Å². The summed E-state index contributed by atoms with van der Waals surface area (Å²) in [7, 11) is 0. The minimum atomic E-state index is -1.09. The minimum Gasteiger partial charge on any atom is -0.457 e. The maximum atomic E-state index is 12.5. The highest BCUT2D eigenvalue weighted by atomic mass is 35.5. The Balaban J connectivity index is 2.25. The number of ether oxygens (including phenoxy) is 1. The molecule has 1 N–H and O–H groups in total. The van der Waals surface area contributed by atoms with Gasteiger partial charge >= 0.3 is 5.97 Å². The van der Waals surface area contributed by atoms with Crippen molar-refractivity contribution in [1.82, 2.24) is 5.32 Å². The largest absolute Gasteiger partial charge is 0.457 e. The lowest BCUT2D eigenvalue weighted by molar-refractivity contribution is -0.131. The van der Waals surface area contributed by atoms with E-state index in [0.29, 0.717) is 10.6 Å². The average molecular weight is 336 g/mol. The van der Waals surface area contributed by atoms with Gasteiger partial charge in [0, 0.05) is 16.1 Å². The molecule has 1 atom stereocenters. The number of hydrogen-bond donors (Lipinski definition) is 1. The fourth-order valence-electron chi connectivity index (χ4n) is 1.91. The predicted molar refractivity (Wildman–Crippen MR) is 86.2 cm³/mol. The third kappa shape index (κ3) is 4.86. The van der Waals surface area contributed by atoms with Gasteiger partial charge in [0.05, 0.1) is 6.26 Å². The zero-order valence-electron chi connectivity index (χ0n) is 13.1. The molecule has 23 heavy (non-hydrogen) atoms. The number of rotatable bonds is 4. The van der Waals surface area contributed by atoms with Crippen molar-refractivity contribution in [3.63, 3.8) is 0 Å². The second-order valence-electron chi connectivity index (χ2n) is 6.05. The first-order chi connectivity index (χ1) is 10.8. The Labute approximate surface area is 139 Å². The van der Waals surface area contributed by atoms with E-state index in [1.54, 1.807) is 30.3 Å². The highest BCUT2D eigenvalue weighted by Crippen LogP contribution is 2.23. The van der Waals surface area contributed by atoms with Crippen LogP contribution in [0.15, 0.2) is 47.1 Å². The molecular formula is C17H18ClNO4. The van der Waals surface area contributed by atoms with Crippen LogP contribution in [0.4, 0.5) is 0 Å². The number of nitrogens with one attached hydrogen (secondary N) is 1. The molecule has 0 spiro atoms. The lowest BCUT2D eigenvalue weighted by Crippen LogP contribution is -2.44. The number of carbonyl (C=O) groups excluding carboxylic acids is 2. The van der Waals surface area contributed by atoms with Gasteiger partial charge in [0.1, 0.15) is 0 Å². The Morgan fingerprint density at radius 1 is 1.17 bits per heavy atom. The molecule has 0 aliphatic heterocycles. The van der Waals surface area contributed by atoms with Gasteiger partial charge in [0.2, 0.25) is 11.9 Å². The molecule has 0 aliphatic carbocycles. The third-order valence-corrected chi connectivity index (χ3v) is 3.11. The van der Waals surface area contributed by atoms with Crippen LogP contribution in [-0.4, -0.2) is 17.4 Å². The summed E-state index contributed by atoms with van der Waals surface area (Å²) >= 11 is 5.87. The van der Waals surface area contributed by atoms with E-state index in [0.717, 1.165) is 0 Å². The standard InChI is InChI=1S/C17H18ClNO4/c1-17(2,3)19-15(20)14(11-6-8-12(18)9-7-11)23-16(21)13-5-4-10-22-13/h4-10,14H,1-3H3,(H,19,20)/t14-/m0/s1. The molecule has 0 radical (unpaired) electrons. The lowest BCUT2D eigenvalue weighted by atomic mass is 10.1. The van der Waals surface area contributed by atoms with Crippen LogP contribution in [0.1, 0.15) is 43.0 Å². The van der Waals surface area contributed by atoms with Gasteiger partial charge in [-0.2, -0.15) is 0 Å². The molecule has 122 valence electrons. The molecule has 0 unspecified atom stereocenters. The summed E-state index contributed by atoms with van der Waals surface area (Å²) in [5.41, 5.74) is 0.0647. The van der Waals surface area contributed by atoms with Crippen molar-refractivity contribution < 1.29 is 18.7 Å². The molecule has 0 fully saturated rings. The molecule has 6 heteroatoms. The Hall–Kier alpha value is -2.27. The summed E-state index contributed by atoms with van der Waals surface area (Å²) in [6, 6.07) is 9.60. The molecular weight excluding hydrogens is 318 g/mol. The summed E-state index contributed by atoms with van der Waals surface area (Å²) in [6.45, 7) is 5.54. The van der Waals surface area contributed by atoms with Crippen LogP contribution >= 0.6 is 11.6 Å². The van der Waals surface area contributed by atoms with E-state index in [2.05, 4.69) is 5.32 Å². The van der Waals surface area contributed by atoms with Crippen LogP contribution in [0, 0.1) is 0 Å². The minimum absolute atomic E-state index is 0.0347. The van der Waals surface area contributed by atoms with E-state index < -0.39 is 23.5 Å². The van der Waals surface area contributed by atoms with Gasteiger partial charge in [-0.1, -0.05) is 23.7 Å². The van der Waals surface area contributed by atoms with Crippen molar-refractivity contribution in [1.29, 1.82) is 0 Å². The molecule has 2 rings (SSSR count). The topological polar surface area (TPSA) is 68.5 Å². The number of amides is 1. The van der Waals surface area contributed by atoms with E-state index in [9.17, 15) is 9.59 Å². The quantitative estimate of drug-likeness (QED) is 0.864. The van der Waals surface area contributed by atoms with Gasteiger partial charge in [-0.15, -0.1) is 0 Å². The Morgan fingerprint density at radius 3 is 2.35 bits per heavy atom. The lowest BCUT2D eigenvalue weighted by Gasteiger charge is -2.25. The first kappa shape index (κ1) is 17.1. The number of benzene rings is 1. The van der Waals surface area contributed by atoms with E-state index >= 15 is 0 Å². The molecule has 1 aromatic carbocycles. The molecule has 0 saturated heterocycles. The number of esters is 1. The number of halogens is 1. The van der Waals surface area contributed by atoms with E-state index in [1.807, 2.05) is 20.8 Å². The highest BCUT2D eigenvalue weighted by molar-refractivity contribution is 6.30. The van der Waals surface area contributed by atoms with Crippen molar-refractivity contribution in [3.05, 3.63) is 59.0 Å². The molecule has 0 bridgehead atoms. The fraction of sp³-hybridized carbons (Fsp3) is 0.294. The second kappa shape index (κ2) is 6.87. The second-order valence-corrected chi connectivity index (χ2v) is 6.49. The zero-order chi connectivity index (χ0) is 17.0. The van der Waals surface area contributed by atoms with Crippen molar-refractivity contribution in [2.45, 2.75) is 32.4 Å². The maximum Gasteiger partial charge on any atom is 0.375 e. The highest BCUT2D eigenvalue weighted by Gasteiger charge is 2.29. The SMILES string of the molecule is CC(C)(C)NC(=O)[C@@H](OC(=O)c1ccco1)c1ccc(Cl)cc1. The summed E-state index contributed by atoms with van der Waals surface area (Å²) in [4.78, 5) is 24.6. The average Bonchev–Trinajstić information content (AvgIpc) is 2.98. The Morgan fingerprint density at radius 2 is 1.83 bits per heavy atom. The summed E-state index contributed by atoms with van der Waals surface area (Å²) in [5.74, 6) is -1.09. The zero-order valence-corrected chi connectivity index (χ0v) is 13.9. The van der Waals surface area contributed by atoms with Gasteiger partial charge < -0.3 is 14.5 Å². The normalized spacial score (nSPS) is 12.5. The first-order valence-electron chi connectivity index (χ1n) is 7.08. The Bertz CT molecular complexity index is 672. The van der Waals surface area contributed by atoms with Gasteiger partial charge in [0.25, 0.3) is 5.91 Å². The summed E-state index contributed by atoms with van der Waals surface area (Å²) < 4.78 is 10.3.